The first-order valence-corrected chi connectivity index (χ1v) is 8.61. The molecule has 0 radical (unpaired) electrons. The van der Waals surface area contributed by atoms with E-state index in [2.05, 4.69) is 65.0 Å². The minimum Gasteiger partial charge on any atom is -0.0651 e. The van der Waals surface area contributed by atoms with Crippen LogP contribution in [-0.4, -0.2) is 0 Å². The zero-order chi connectivity index (χ0) is 15.0. The second-order valence-electron chi connectivity index (χ2n) is 6.72. The van der Waals surface area contributed by atoms with Gasteiger partial charge in [0.1, 0.15) is 0 Å². The highest BCUT2D eigenvalue weighted by molar-refractivity contribution is 5.16. The highest BCUT2D eigenvalue weighted by Crippen LogP contribution is 2.41. The lowest BCUT2D eigenvalue weighted by molar-refractivity contribution is 0.139. The van der Waals surface area contributed by atoms with E-state index in [1.807, 2.05) is 0 Å². The van der Waals surface area contributed by atoms with Gasteiger partial charge in [0.05, 0.1) is 0 Å². The van der Waals surface area contributed by atoms with E-state index < -0.39 is 0 Å². The largest absolute Gasteiger partial charge is 0.0651 e. The van der Waals surface area contributed by atoms with E-state index in [9.17, 15) is 0 Å². The van der Waals surface area contributed by atoms with Crippen LogP contribution in [0, 0.1) is 17.3 Å². The third-order valence-electron chi connectivity index (χ3n) is 5.64. The molecular weight excluding hydrogens is 240 g/mol. The van der Waals surface area contributed by atoms with Crippen molar-refractivity contribution in [2.24, 2.45) is 17.3 Å². The Hall–Kier alpha value is -0.780. The minimum absolute atomic E-state index is 0.481. The highest BCUT2D eigenvalue weighted by atomic mass is 14.4. The van der Waals surface area contributed by atoms with Gasteiger partial charge in [-0.15, -0.1) is 0 Å². The Morgan fingerprint density at radius 2 is 1.50 bits per heavy atom. The molecule has 0 aliphatic heterocycles. The van der Waals surface area contributed by atoms with E-state index in [4.69, 9.17) is 0 Å². The van der Waals surface area contributed by atoms with Gasteiger partial charge in [-0.05, 0) is 48.5 Å². The topological polar surface area (TPSA) is 0 Å². The summed E-state index contributed by atoms with van der Waals surface area (Å²) in [6.45, 7) is 12.0. The molecule has 1 aromatic rings. The fraction of sp³-hybridized carbons (Fsp3) is 0.700. The van der Waals surface area contributed by atoms with Crippen LogP contribution in [0.2, 0.25) is 0 Å². The van der Waals surface area contributed by atoms with Crippen LogP contribution in [0.25, 0.3) is 0 Å². The van der Waals surface area contributed by atoms with Crippen molar-refractivity contribution in [3.63, 3.8) is 0 Å². The Bertz CT molecular complexity index is 348. The molecule has 0 fully saturated rings. The maximum Gasteiger partial charge on any atom is -0.0220 e. The molecule has 0 N–H and O–H groups in total. The molecule has 0 aromatic heterocycles. The van der Waals surface area contributed by atoms with Crippen LogP contribution in [0.4, 0.5) is 0 Å². The average molecular weight is 274 g/mol. The minimum atomic E-state index is 0.481. The van der Waals surface area contributed by atoms with Crippen LogP contribution in [0.3, 0.4) is 0 Å². The van der Waals surface area contributed by atoms with Crippen molar-refractivity contribution in [2.75, 3.05) is 0 Å². The van der Waals surface area contributed by atoms with Crippen molar-refractivity contribution < 1.29 is 0 Å². The summed E-state index contributed by atoms with van der Waals surface area (Å²) < 4.78 is 0. The van der Waals surface area contributed by atoms with Gasteiger partial charge in [0.2, 0.25) is 0 Å². The molecule has 0 bridgehead atoms. The summed E-state index contributed by atoms with van der Waals surface area (Å²) in [5, 5.41) is 0. The summed E-state index contributed by atoms with van der Waals surface area (Å²) in [5.74, 6) is 1.69. The maximum atomic E-state index is 2.48. The lowest BCUT2D eigenvalue weighted by Gasteiger charge is -2.39. The number of rotatable bonds is 9. The molecule has 0 nitrogen and oxygen atoms in total. The van der Waals surface area contributed by atoms with Gasteiger partial charge in [0.25, 0.3) is 0 Å². The summed E-state index contributed by atoms with van der Waals surface area (Å²) in [6.07, 6.45) is 7.90. The molecule has 2 unspecified atom stereocenters. The predicted molar refractivity (Wildman–Crippen MR) is 91.0 cm³/mol. The van der Waals surface area contributed by atoms with Gasteiger partial charge >= 0.3 is 0 Å². The Morgan fingerprint density at radius 3 is 2.00 bits per heavy atom. The molecule has 0 heterocycles. The SMILES string of the molecule is CCC(C)CCC(C)C(CC)(CC)Cc1ccccc1. The summed E-state index contributed by atoms with van der Waals surface area (Å²) in [7, 11) is 0. The van der Waals surface area contributed by atoms with Gasteiger partial charge < -0.3 is 0 Å². The van der Waals surface area contributed by atoms with Crippen molar-refractivity contribution in [1.82, 2.24) is 0 Å². The Kier molecular flexibility index (Phi) is 7.34. The Balaban J connectivity index is 2.74. The van der Waals surface area contributed by atoms with Gasteiger partial charge in [-0.25, -0.2) is 0 Å². The van der Waals surface area contributed by atoms with E-state index in [0.29, 0.717) is 5.41 Å². The van der Waals surface area contributed by atoms with Crippen LogP contribution >= 0.6 is 0 Å². The molecule has 0 saturated heterocycles. The van der Waals surface area contributed by atoms with Crippen molar-refractivity contribution >= 4 is 0 Å². The molecule has 0 saturated carbocycles. The maximum absolute atomic E-state index is 2.48. The number of hydrogen-bond acceptors (Lipinski definition) is 0. The van der Waals surface area contributed by atoms with Crippen molar-refractivity contribution in [2.45, 2.75) is 73.1 Å². The first-order chi connectivity index (χ1) is 9.57. The monoisotopic (exact) mass is 274 g/mol. The zero-order valence-electron chi connectivity index (χ0n) is 14.3. The van der Waals surface area contributed by atoms with Gasteiger partial charge in [-0.2, -0.15) is 0 Å². The molecule has 0 spiro atoms. The summed E-state index contributed by atoms with van der Waals surface area (Å²) in [5.41, 5.74) is 1.99. The number of benzene rings is 1. The standard InChI is InChI=1S/C20H34/c1-6-17(4)14-15-18(5)20(7-2,8-3)16-19-12-10-9-11-13-19/h9-13,17-18H,6-8,14-16H2,1-5H3. The van der Waals surface area contributed by atoms with E-state index in [1.165, 1.54) is 44.1 Å². The van der Waals surface area contributed by atoms with E-state index in [0.717, 1.165) is 11.8 Å². The summed E-state index contributed by atoms with van der Waals surface area (Å²) >= 11 is 0. The second-order valence-corrected chi connectivity index (χ2v) is 6.72. The molecule has 114 valence electrons. The second kappa shape index (κ2) is 8.49. The molecule has 1 aromatic carbocycles. The Labute approximate surface area is 127 Å². The molecule has 0 aliphatic carbocycles. The lowest BCUT2D eigenvalue weighted by Crippen LogP contribution is -2.30. The third-order valence-corrected chi connectivity index (χ3v) is 5.64. The molecular formula is C20H34. The smallest absolute Gasteiger partial charge is 0.0220 e. The summed E-state index contributed by atoms with van der Waals surface area (Å²) in [6, 6.07) is 11.1. The number of hydrogen-bond donors (Lipinski definition) is 0. The predicted octanol–water partition coefficient (Wildman–Crippen LogP) is 6.50. The fourth-order valence-corrected chi connectivity index (χ4v) is 3.42. The van der Waals surface area contributed by atoms with Crippen LogP contribution in [0.1, 0.15) is 72.3 Å². The molecule has 2 atom stereocenters. The van der Waals surface area contributed by atoms with Gasteiger partial charge in [-0.1, -0.05) is 77.8 Å². The van der Waals surface area contributed by atoms with E-state index in [1.54, 1.807) is 0 Å². The molecule has 0 heteroatoms. The van der Waals surface area contributed by atoms with Crippen molar-refractivity contribution in [3.05, 3.63) is 35.9 Å². The lowest BCUT2D eigenvalue weighted by atomic mass is 9.66. The van der Waals surface area contributed by atoms with Gasteiger partial charge in [0, 0.05) is 0 Å². The first kappa shape index (κ1) is 17.3. The van der Waals surface area contributed by atoms with Crippen LogP contribution in [0.15, 0.2) is 30.3 Å². The average Bonchev–Trinajstić information content (AvgIpc) is 2.50. The van der Waals surface area contributed by atoms with Crippen LogP contribution in [-0.2, 0) is 6.42 Å². The van der Waals surface area contributed by atoms with Crippen LogP contribution in [0.5, 0.6) is 0 Å². The van der Waals surface area contributed by atoms with Crippen molar-refractivity contribution in [1.29, 1.82) is 0 Å². The molecule has 0 aliphatic rings. The molecule has 1 rings (SSSR count). The first-order valence-electron chi connectivity index (χ1n) is 8.61. The molecule has 0 amide bonds. The fourth-order valence-electron chi connectivity index (χ4n) is 3.42. The van der Waals surface area contributed by atoms with Gasteiger partial charge in [-0.3, -0.25) is 0 Å². The van der Waals surface area contributed by atoms with Crippen molar-refractivity contribution in [3.8, 4) is 0 Å². The van der Waals surface area contributed by atoms with E-state index in [-0.39, 0.29) is 0 Å². The quantitative estimate of drug-likeness (QED) is 0.482. The Morgan fingerprint density at radius 1 is 0.900 bits per heavy atom. The normalized spacial score (nSPS) is 15.1. The third kappa shape index (κ3) is 4.65. The van der Waals surface area contributed by atoms with Crippen LogP contribution < -0.4 is 0 Å². The van der Waals surface area contributed by atoms with E-state index >= 15 is 0 Å². The zero-order valence-corrected chi connectivity index (χ0v) is 14.3. The molecule has 20 heavy (non-hydrogen) atoms. The highest BCUT2D eigenvalue weighted by Gasteiger charge is 2.32. The van der Waals surface area contributed by atoms with Gasteiger partial charge in [0.15, 0.2) is 0 Å². The summed E-state index contributed by atoms with van der Waals surface area (Å²) in [4.78, 5) is 0.